The molecular formula is C23H24N2O5S. The fourth-order valence-electron chi connectivity index (χ4n) is 2.78. The highest BCUT2D eigenvalue weighted by molar-refractivity contribution is 7.89. The average molecular weight is 441 g/mol. The predicted octanol–water partition coefficient (Wildman–Crippen LogP) is 3.58. The van der Waals surface area contributed by atoms with E-state index in [1.807, 2.05) is 30.3 Å². The van der Waals surface area contributed by atoms with Crippen LogP contribution < -0.4 is 19.5 Å². The summed E-state index contributed by atoms with van der Waals surface area (Å²) in [6, 6.07) is 22.2. The maximum absolute atomic E-state index is 12.5. The Morgan fingerprint density at radius 2 is 1.52 bits per heavy atom. The van der Waals surface area contributed by atoms with Gasteiger partial charge in [0.05, 0.1) is 12.0 Å². The van der Waals surface area contributed by atoms with Crippen molar-refractivity contribution in [1.29, 1.82) is 0 Å². The predicted molar refractivity (Wildman–Crippen MR) is 119 cm³/mol. The standard InChI is InChI=1S/C23H24N2O5S/c1-17(30-22-11-7-6-10-21(22)29-2)23(26)25-19-12-14-20(15-13-19)31(27,28)24-16-18-8-4-3-5-9-18/h3-15,17,24H,16H2,1-2H3,(H,25,26). The number of anilines is 1. The molecule has 2 N–H and O–H groups in total. The van der Waals surface area contributed by atoms with Crippen molar-refractivity contribution in [2.45, 2.75) is 24.5 Å². The Morgan fingerprint density at radius 1 is 0.903 bits per heavy atom. The van der Waals surface area contributed by atoms with Crippen molar-refractivity contribution in [2.24, 2.45) is 0 Å². The lowest BCUT2D eigenvalue weighted by atomic mass is 10.2. The van der Waals surface area contributed by atoms with Gasteiger partial charge in [-0.2, -0.15) is 0 Å². The zero-order valence-corrected chi connectivity index (χ0v) is 18.1. The molecule has 7 nitrogen and oxygen atoms in total. The normalized spacial score (nSPS) is 12.1. The van der Waals surface area contributed by atoms with E-state index in [0.29, 0.717) is 17.2 Å². The van der Waals surface area contributed by atoms with Crippen LogP contribution in [-0.2, 0) is 21.4 Å². The molecule has 1 unspecified atom stereocenters. The number of amides is 1. The number of para-hydroxylation sites is 2. The molecule has 8 heteroatoms. The van der Waals surface area contributed by atoms with E-state index in [-0.39, 0.29) is 17.3 Å². The number of benzene rings is 3. The highest BCUT2D eigenvalue weighted by atomic mass is 32.2. The highest BCUT2D eigenvalue weighted by Crippen LogP contribution is 2.27. The largest absolute Gasteiger partial charge is 0.493 e. The van der Waals surface area contributed by atoms with Crippen LogP contribution in [0.15, 0.2) is 83.8 Å². The maximum Gasteiger partial charge on any atom is 0.265 e. The molecule has 162 valence electrons. The minimum absolute atomic E-state index is 0.111. The fraction of sp³-hybridized carbons (Fsp3) is 0.174. The second-order valence-electron chi connectivity index (χ2n) is 6.73. The van der Waals surface area contributed by atoms with E-state index >= 15 is 0 Å². The van der Waals surface area contributed by atoms with Crippen molar-refractivity contribution in [2.75, 3.05) is 12.4 Å². The van der Waals surface area contributed by atoms with E-state index in [9.17, 15) is 13.2 Å². The first kappa shape index (κ1) is 22.3. The first-order valence-corrected chi connectivity index (χ1v) is 11.1. The average Bonchev–Trinajstić information content (AvgIpc) is 2.79. The van der Waals surface area contributed by atoms with Gasteiger partial charge >= 0.3 is 0 Å². The van der Waals surface area contributed by atoms with E-state index in [1.165, 1.54) is 31.4 Å². The highest BCUT2D eigenvalue weighted by Gasteiger charge is 2.18. The first-order chi connectivity index (χ1) is 14.9. The molecule has 0 aromatic heterocycles. The van der Waals surface area contributed by atoms with Gasteiger partial charge in [-0.25, -0.2) is 13.1 Å². The Bertz CT molecular complexity index is 1120. The molecule has 0 aliphatic heterocycles. The maximum atomic E-state index is 12.5. The van der Waals surface area contributed by atoms with Gasteiger partial charge in [-0.15, -0.1) is 0 Å². The number of carbonyl (C=O) groups excluding carboxylic acids is 1. The quantitative estimate of drug-likeness (QED) is 0.530. The van der Waals surface area contributed by atoms with Crippen LogP contribution in [0.3, 0.4) is 0 Å². The lowest BCUT2D eigenvalue weighted by molar-refractivity contribution is -0.122. The van der Waals surface area contributed by atoms with Crippen LogP contribution in [0, 0.1) is 0 Å². The summed E-state index contributed by atoms with van der Waals surface area (Å²) in [7, 11) is -2.14. The van der Waals surface area contributed by atoms with Crippen LogP contribution in [0.5, 0.6) is 11.5 Å². The van der Waals surface area contributed by atoms with Gasteiger partial charge in [-0.1, -0.05) is 42.5 Å². The smallest absolute Gasteiger partial charge is 0.265 e. The van der Waals surface area contributed by atoms with Crippen LogP contribution in [0.2, 0.25) is 0 Å². The van der Waals surface area contributed by atoms with Crippen molar-refractivity contribution in [3.63, 3.8) is 0 Å². The zero-order valence-electron chi connectivity index (χ0n) is 17.2. The third-order valence-electron chi connectivity index (χ3n) is 4.48. The Hall–Kier alpha value is -3.36. The number of nitrogens with one attached hydrogen (secondary N) is 2. The van der Waals surface area contributed by atoms with Crippen molar-refractivity contribution in [1.82, 2.24) is 4.72 Å². The molecule has 0 aliphatic carbocycles. The summed E-state index contributed by atoms with van der Waals surface area (Å²) in [5.41, 5.74) is 1.32. The third kappa shape index (κ3) is 6.07. The molecule has 3 aromatic rings. The summed E-state index contributed by atoms with van der Waals surface area (Å²) in [5.74, 6) is 0.613. The Kier molecular flexibility index (Phi) is 7.28. The van der Waals surface area contributed by atoms with Crippen molar-refractivity contribution in [3.8, 4) is 11.5 Å². The molecule has 31 heavy (non-hydrogen) atoms. The number of sulfonamides is 1. The van der Waals surface area contributed by atoms with Crippen LogP contribution >= 0.6 is 0 Å². The zero-order chi connectivity index (χ0) is 22.3. The number of carbonyl (C=O) groups is 1. The summed E-state index contributed by atoms with van der Waals surface area (Å²) in [4.78, 5) is 12.6. The van der Waals surface area contributed by atoms with Crippen LogP contribution in [0.4, 0.5) is 5.69 Å². The topological polar surface area (TPSA) is 93.7 Å². The third-order valence-corrected chi connectivity index (χ3v) is 5.90. The van der Waals surface area contributed by atoms with Crippen molar-refractivity contribution in [3.05, 3.63) is 84.4 Å². The van der Waals surface area contributed by atoms with E-state index in [2.05, 4.69) is 10.0 Å². The van der Waals surface area contributed by atoms with Gasteiger partial charge in [-0.05, 0) is 48.9 Å². The van der Waals surface area contributed by atoms with Gasteiger partial charge in [0, 0.05) is 12.2 Å². The number of hydrogen-bond acceptors (Lipinski definition) is 5. The number of ether oxygens (including phenoxy) is 2. The summed E-state index contributed by atoms with van der Waals surface area (Å²) < 4.78 is 38.4. The van der Waals surface area contributed by atoms with Gasteiger partial charge < -0.3 is 14.8 Å². The van der Waals surface area contributed by atoms with Crippen molar-refractivity contribution >= 4 is 21.6 Å². The number of rotatable bonds is 9. The molecule has 3 aromatic carbocycles. The Balaban J connectivity index is 1.59. The molecule has 0 bridgehead atoms. The minimum atomic E-state index is -3.67. The number of methoxy groups -OCH3 is 1. The SMILES string of the molecule is COc1ccccc1OC(C)C(=O)Nc1ccc(S(=O)(=O)NCc2ccccc2)cc1. The van der Waals surface area contributed by atoms with Crippen LogP contribution in [-0.4, -0.2) is 27.5 Å². The fourth-order valence-corrected chi connectivity index (χ4v) is 3.80. The molecule has 0 heterocycles. The monoisotopic (exact) mass is 440 g/mol. The van der Waals surface area contributed by atoms with E-state index in [0.717, 1.165) is 5.56 Å². The molecule has 0 radical (unpaired) electrons. The first-order valence-electron chi connectivity index (χ1n) is 9.63. The molecule has 0 saturated carbocycles. The van der Waals surface area contributed by atoms with Gasteiger partial charge in [0.25, 0.3) is 5.91 Å². The van der Waals surface area contributed by atoms with Gasteiger partial charge in [0.15, 0.2) is 17.6 Å². The second-order valence-corrected chi connectivity index (χ2v) is 8.50. The van der Waals surface area contributed by atoms with Crippen LogP contribution in [0.1, 0.15) is 12.5 Å². The second kappa shape index (κ2) is 10.1. The summed E-state index contributed by atoms with van der Waals surface area (Å²) in [6.45, 7) is 1.81. The molecule has 1 atom stereocenters. The molecule has 0 saturated heterocycles. The van der Waals surface area contributed by atoms with E-state index < -0.39 is 16.1 Å². The molecule has 1 amide bonds. The Labute approximate surface area is 182 Å². The van der Waals surface area contributed by atoms with Gasteiger partial charge in [-0.3, -0.25) is 4.79 Å². The van der Waals surface area contributed by atoms with Gasteiger partial charge in [0.2, 0.25) is 10.0 Å². The lowest BCUT2D eigenvalue weighted by Gasteiger charge is -2.16. The van der Waals surface area contributed by atoms with Crippen LogP contribution in [0.25, 0.3) is 0 Å². The summed E-state index contributed by atoms with van der Waals surface area (Å²) in [5, 5.41) is 2.72. The van der Waals surface area contributed by atoms with E-state index in [4.69, 9.17) is 9.47 Å². The molecule has 0 aliphatic rings. The summed E-state index contributed by atoms with van der Waals surface area (Å²) >= 11 is 0. The molecule has 0 spiro atoms. The minimum Gasteiger partial charge on any atom is -0.493 e. The van der Waals surface area contributed by atoms with Gasteiger partial charge in [0.1, 0.15) is 0 Å². The Morgan fingerprint density at radius 3 is 2.16 bits per heavy atom. The molecule has 3 rings (SSSR count). The summed E-state index contributed by atoms with van der Waals surface area (Å²) in [6.07, 6.45) is -0.785. The lowest BCUT2D eigenvalue weighted by Crippen LogP contribution is -2.30. The number of hydrogen-bond donors (Lipinski definition) is 2. The van der Waals surface area contributed by atoms with Crippen molar-refractivity contribution < 1.29 is 22.7 Å². The molecule has 0 fully saturated rings. The molecular weight excluding hydrogens is 416 g/mol. The van der Waals surface area contributed by atoms with E-state index in [1.54, 1.807) is 31.2 Å².